The summed E-state index contributed by atoms with van der Waals surface area (Å²) in [6, 6.07) is 5.15. The van der Waals surface area contributed by atoms with Gasteiger partial charge in [0, 0.05) is 34.3 Å². The van der Waals surface area contributed by atoms with Gasteiger partial charge in [0.2, 0.25) is 5.91 Å². The van der Waals surface area contributed by atoms with Crippen LogP contribution in [0.2, 0.25) is 10.0 Å². The summed E-state index contributed by atoms with van der Waals surface area (Å²) in [6.45, 7) is 2.01. The highest BCUT2D eigenvalue weighted by Crippen LogP contribution is 2.25. The molecule has 1 amide bonds. The quantitative estimate of drug-likeness (QED) is 0.792. The number of aliphatic hydroxyl groups is 1. The standard InChI is InChI=1S/C14H17Cl2NO2/c1-2-10(8-9-18)17-14(19)7-6-11-12(15)4-3-5-13(11)16/h3-7,10,18H,2,8-9H2,1H3,(H,17,19)/b7-6+. The molecule has 1 unspecified atom stereocenters. The number of benzene rings is 1. The summed E-state index contributed by atoms with van der Waals surface area (Å²) >= 11 is 12.0. The smallest absolute Gasteiger partial charge is 0.244 e. The predicted octanol–water partition coefficient (Wildman–Crippen LogP) is 3.28. The van der Waals surface area contributed by atoms with E-state index in [0.717, 1.165) is 6.42 Å². The van der Waals surface area contributed by atoms with Crippen molar-refractivity contribution in [1.29, 1.82) is 0 Å². The fourth-order valence-corrected chi connectivity index (χ4v) is 2.14. The average Bonchev–Trinajstić information content (AvgIpc) is 2.37. The Morgan fingerprint density at radius 1 is 1.42 bits per heavy atom. The van der Waals surface area contributed by atoms with E-state index in [1.807, 2.05) is 6.92 Å². The third kappa shape index (κ3) is 5.23. The van der Waals surface area contributed by atoms with Crippen molar-refractivity contribution < 1.29 is 9.90 Å². The lowest BCUT2D eigenvalue weighted by molar-refractivity contribution is -0.117. The molecular formula is C14H17Cl2NO2. The normalized spacial score (nSPS) is 12.6. The molecule has 3 nitrogen and oxygen atoms in total. The fourth-order valence-electron chi connectivity index (χ4n) is 1.61. The molecule has 0 spiro atoms. The molecule has 0 fully saturated rings. The number of aliphatic hydroxyl groups excluding tert-OH is 1. The van der Waals surface area contributed by atoms with E-state index in [1.54, 1.807) is 24.3 Å². The van der Waals surface area contributed by atoms with Crippen LogP contribution in [0.15, 0.2) is 24.3 Å². The summed E-state index contributed by atoms with van der Waals surface area (Å²) in [4.78, 5) is 11.7. The number of halogens is 2. The van der Waals surface area contributed by atoms with Gasteiger partial charge in [-0.05, 0) is 31.1 Å². The zero-order valence-corrected chi connectivity index (χ0v) is 12.2. The minimum Gasteiger partial charge on any atom is -0.396 e. The summed E-state index contributed by atoms with van der Waals surface area (Å²) < 4.78 is 0. The van der Waals surface area contributed by atoms with E-state index in [0.29, 0.717) is 22.0 Å². The van der Waals surface area contributed by atoms with Gasteiger partial charge in [-0.2, -0.15) is 0 Å². The van der Waals surface area contributed by atoms with Crippen molar-refractivity contribution in [3.05, 3.63) is 39.9 Å². The Kier molecular flexibility index (Phi) is 6.92. The Morgan fingerprint density at radius 3 is 2.58 bits per heavy atom. The number of nitrogens with one attached hydrogen (secondary N) is 1. The van der Waals surface area contributed by atoms with Crippen LogP contribution in [0, 0.1) is 0 Å². The Hall–Kier alpha value is -1.03. The van der Waals surface area contributed by atoms with Crippen molar-refractivity contribution in [2.24, 2.45) is 0 Å². The Morgan fingerprint density at radius 2 is 2.05 bits per heavy atom. The molecule has 0 saturated heterocycles. The molecule has 1 rings (SSSR count). The monoisotopic (exact) mass is 301 g/mol. The number of rotatable bonds is 6. The second kappa shape index (κ2) is 8.20. The number of amides is 1. The molecule has 19 heavy (non-hydrogen) atoms. The topological polar surface area (TPSA) is 49.3 Å². The molecule has 2 N–H and O–H groups in total. The van der Waals surface area contributed by atoms with Crippen LogP contribution < -0.4 is 5.32 Å². The van der Waals surface area contributed by atoms with E-state index in [-0.39, 0.29) is 18.6 Å². The SMILES string of the molecule is CCC(CCO)NC(=O)/C=C/c1c(Cl)cccc1Cl. The number of carbonyl (C=O) groups is 1. The van der Waals surface area contributed by atoms with Crippen molar-refractivity contribution in [3.63, 3.8) is 0 Å². The van der Waals surface area contributed by atoms with Gasteiger partial charge in [0.1, 0.15) is 0 Å². The molecule has 0 aliphatic carbocycles. The summed E-state index contributed by atoms with van der Waals surface area (Å²) in [5.41, 5.74) is 0.621. The van der Waals surface area contributed by atoms with Gasteiger partial charge < -0.3 is 10.4 Å². The van der Waals surface area contributed by atoms with Gasteiger partial charge in [-0.3, -0.25) is 4.79 Å². The van der Waals surface area contributed by atoms with Gasteiger partial charge >= 0.3 is 0 Å². The number of hydrogen-bond acceptors (Lipinski definition) is 2. The summed E-state index contributed by atoms with van der Waals surface area (Å²) in [5.74, 6) is -0.226. The van der Waals surface area contributed by atoms with Crippen LogP contribution in [0.1, 0.15) is 25.3 Å². The lowest BCUT2D eigenvalue weighted by Gasteiger charge is -2.13. The largest absolute Gasteiger partial charge is 0.396 e. The summed E-state index contributed by atoms with van der Waals surface area (Å²) in [6.07, 6.45) is 4.30. The fraction of sp³-hybridized carbons (Fsp3) is 0.357. The van der Waals surface area contributed by atoms with Crippen molar-refractivity contribution in [2.75, 3.05) is 6.61 Å². The lowest BCUT2D eigenvalue weighted by atomic mass is 10.1. The van der Waals surface area contributed by atoms with E-state index in [2.05, 4.69) is 5.32 Å². The van der Waals surface area contributed by atoms with Crippen LogP contribution in [0.3, 0.4) is 0 Å². The first kappa shape index (κ1) is 16.0. The second-order valence-electron chi connectivity index (χ2n) is 4.09. The van der Waals surface area contributed by atoms with E-state index in [9.17, 15) is 4.79 Å². The highest BCUT2D eigenvalue weighted by molar-refractivity contribution is 6.37. The lowest BCUT2D eigenvalue weighted by Crippen LogP contribution is -2.33. The summed E-state index contributed by atoms with van der Waals surface area (Å²) in [5, 5.41) is 12.7. The minimum atomic E-state index is -0.226. The molecule has 5 heteroatoms. The van der Waals surface area contributed by atoms with E-state index in [4.69, 9.17) is 28.3 Å². The van der Waals surface area contributed by atoms with Crippen molar-refractivity contribution in [3.8, 4) is 0 Å². The van der Waals surface area contributed by atoms with Crippen molar-refractivity contribution >= 4 is 35.2 Å². The molecule has 0 saturated carbocycles. The van der Waals surface area contributed by atoms with Gasteiger partial charge in [0.15, 0.2) is 0 Å². The molecule has 0 heterocycles. The molecule has 1 atom stereocenters. The molecule has 0 bridgehead atoms. The van der Waals surface area contributed by atoms with Gasteiger partial charge in [-0.25, -0.2) is 0 Å². The molecule has 0 aromatic heterocycles. The maximum Gasteiger partial charge on any atom is 0.244 e. The zero-order chi connectivity index (χ0) is 14.3. The van der Waals surface area contributed by atoms with E-state index in [1.165, 1.54) is 6.08 Å². The van der Waals surface area contributed by atoms with Crippen LogP contribution in [-0.4, -0.2) is 23.7 Å². The van der Waals surface area contributed by atoms with Gasteiger partial charge in [0.05, 0.1) is 0 Å². The number of hydrogen-bond donors (Lipinski definition) is 2. The highest BCUT2D eigenvalue weighted by Gasteiger charge is 2.08. The molecule has 0 aliphatic heterocycles. The minimum absolute atomic E-state index is 0.0242. The molecule has 1 aromatic carbocycles. The first-order valence-electron chi connectivity index (χ1n) is 6.12. The molecule has 1 aromatic rings. The van der Waals surface area contributed by atoms with Gasteiger partial charge in [0.25, 0.3) is 0 Å². The highest BCUT2D eigenvalue weighted by atomic mass is 35.5. The molecule has 0 radical (unpaired) electrons. The van der Waals surface area contributed by atoms with Gasteiger partial charge in [-0.1, -0.05) is 36.2 Å². The van der Waals surface area contributed by atoms with E-state index >= 15 is 0 Å². The number of carbonyl (C=O) groups excluding carboxylic acids is 1. The van der Waals surface area contributed by atoms with E-state index < -0.39 is 0 Å². The predicted molar refractivity (Wildman–Crippen MR) is 79.4 cm³/mol. The zero-order valence-electron chi connectivity index (χ0n) is 10.7. The first-order chi connectivity index (χ1) is 9.08. The third-order valence-electron chi connectivity index (χ3n) is 2.72. The maximum atomic E-state index is 11.7. The first-order valence-corrected chi connectivity index (χ1v) is 6.87. The average molecular weight is 302 g/mol. The second-order valence-corrected chi connectivity index (χ2v) is 4.91. The Labute approximate surface area is 123 Å². The molecule has 104 valence electrons. The molecule has 0 aliphatic rings. The molecular weight excluding hydrogens is 285 g/mol. The summed E-state index contributed by atoms with van der Waals surface area (Å²) in [7, 11) is 0. The Bertz CT molecular complexity index is 441. The van der Waals surface area contributed by atoms with Crippen LogP contribution in [0.5, 0.6) is 0 Å². The van der Waals surface area contributed by atoms with Crippen molar-refractivity contribution in [1.82, 2.24) is 5.32 Å². The van der Waals surface area contributed by atoms with Crippen LogP contribution >= 0.6 is 23.2 Å². The van der Waals surface area contributed by atoms with Gasteiger partial charge in [-0.15, -0.1) is 0 Å². The van der Waals surface area contributed by atoms with Crippen molar-refractivity contribution in [2.45, 2.75) is 25.8 Å². The third-order valence-corrected chi connectivity index (χ3v) is 3.38. The van der Waals surface area contributed by atoms with Crippen LogP contribution in [-0.2, 0) is 4.79 Å². The maximum absolute atomic E-state index is 11.7. The van der Waals surface area contributed by atoms with Crippen LogP contribution in [0.4, 0.5) is 0 Å². The Balaban J connectivity index is 2.68. The van der Waals surface area contributed by atoms with Crippen LogP contribution in [0.25, 0.3) is 6.08 Å².